The molecule has 0 aliphatic heterocycles. The molecule has 2 nitrogen and oxygen atoms in total. The summed E-state index contributed by atoms with van der Waals surface area (Å²) in [7, 11) is 0. The first-order valence-electron chi connectivity index (χ1n) is 6.78. The van der Waals surface area contributed by atoms with Crippen LogP contribution in [0.5, 0.6) is 0 Å². The Bertz CT molecular complexity index is 298. The van der Waals surface area contributed by atoms with Crippen molar-refractivity contribution >= 4 is 0 Å². The summed E-state index contributed by atoms with van der Waals surface area (Å²) in [5.74, 6) is 6.80. The monoisotopic (exact) mass is 236 g/mol. The highest BCUT2D eigenvalue weighted by atomic mass is 15.0. The fraction of sp³-hybridized carbons (Fsp3) is 0.867. The second-order valence-electron chi connectivity index (χ2n) is 6.44. The molecule has 1 fully saturated rings. The van der Waals surface area contributed by atoms with Crippen LogP contribution in [0.15, 0.2) is 0 Å². The van der Waals surface area contributed by atoms with E-state index in [4.69, 9.17) is 5.73 Å². The van der Waals surface area contributed by atoms with Crippen LogP contribution in [0, 0.1) is 23.2 Å². The zero-order valence-corrected chi connectivity index (χ0v) is 11.9. The summed E-state index contributed by atoms with van der Waals surface area (Å²) in [5.41, 5.74) is 6.58. The Balaban J connectivity index is 2.62. The van der Waals surface area contributed by atoms with Gasteiger partial charge in [0.2, 0.25) is 0 Å². The van der Waals surface area contributed by atoms with Crippen molar-refractivity contribution in [1.82, 2.24) is 5.32 Å². The second kappa shape index (κ2) is 5.89. The normalized spacial score (nSPS) is 31.7. The predicted octanol–water partition coefficient (Wildman–Crippen LogP) is 2.53. The molecule has 0 spiro atoms. The molecule has 1 saturated carbocycles. The van der Waals surface area contributed by atoms with Crippen molar-refractivity contribution in [3.05, 3.63) is 0 Å². The summed E-state index contributed by atoms with van der Waals surface area (Å²) in [6.07, 6.45) is 4.62. The van der Waals surface area contributed by atoms with Crippen LogP contribution in [-0.2, 0) is 0 Å². The van der Waals surface area contributed by atoms with Gasteiger partial charge in [0.1, 0.15) is 0 Å². The standard InChI is InChI=1S/C15H28N2/c1-5-6-7-8-17-15(12-16)10-13(2)9-14(3,4)11-15/h13,17H,7-12,16H2,1-4H3. The lowest BCUT2D eigenvalue weighted by molar-refractivity contribution is 0.0870. The highest BCUT2D eigenvalue weighted by Gasteiger charge is 2.41. The molecule has 0 bridgehead atoms. The van der Waals surface area contributed by atoms with Crippen molar-refractivity contribution in [1.29, 1.82) is 0 Å². The molecule has 1 aliphatic carbocycles. The van der Waals surface area contributed by atoms with Gasteiger partial charge in [0.05, 0.1) is 0 Å². The third kappa shape index (κ3) is 4.33. The maximum atomic E-state index is 6.04. The molecule has 2 atom stereocenters. The van der Waals surface area contributed by atoms with Gasteiger partial charge >= 0.3 is 0 Å². The maximum Gasteiger partial charge on any atom is 0.0312 e. The first-order valence-corrected chi connectivity index (χ1v) is 6.78. The smallest absolute Gasteiger partial charge is 0.0312 e. The minimum absolute atomic E-state index is 0.136. The topological polar surface area (TPSA) is 38.0 Å². The largest absolute Gasteiger partial charge is 0.329 e. The lowest BCUT2D eigenvalue weighted by atomic mass is 9.64. The van der Waals surface area contributed by atoms with Crippen molar-refractivity contribution in [3.8, 4) is 11.8 Å². The molecule has 0 amide bonds. The van der Waals surface area contributed by atoms with Gasteiger partial charge in [0.15, 0.2) is 0 Å². The van der Waals surface area contributed by atoms with Gasteiger partial charge in [-0.05, 0) is 37.5 Å². The van der Waals surface area contributed by atoms with Gasteiger partial charge in [-0.1, -0.05) is 20.8 Å². The lowest BCUT2D eigenvalue weighted by Crippen LogP contribution is -2.57. The van der Waals surface area contributed by atoms with E-state index in [1.165, 1.54) is 19.3 Å². The predicted molar refractivity (Wildman–Crippen MR) is 74.7 cm³/mol. The molecule has 0 aromatic rings. The Morgan fingerprint density at radius 3 is 2.59 bits per heavy atom. The van der Waals surface area contributed by atoms with Crippen molar-refractivity contribution in [2.45, 2.75) is 58.9 Å². The SMILES string of the molecule is CC#CCCNC1(CN)CC(C)CC(C)(C)C1. The molecule has 2 heteroatoms. The molecule has 98 valence electrons. The van der Waals surface area contributed by atoms with Gasteiger partial charge in [-0.25, -0.2) is 0 Å². The lowest BCUT2D eigenvalue weighted by Gasteiger charge is -2.48. The molecule has 0 aromatic carbocycles. The molecule has 0 heterocycles. The van der Waals surface area contributed by atoms with Crippen LogP contribution in [0.25, 0.3) is 0 Å². The zero-order chi connectivity index (χ0) is 12.9. The van der Waals surface area contributed by atoms with Crippen molar-refractivity contribution < 1.29 is 0 Å². The van der Waals surface area contributed by atoms with Gasteiger partial charge in [-0.3, -0.25) is 0 Å². The van der Waals surface area contributed by atoms with Crippen molar-refractivity contribution in [2.24, 2.45) is 17.1 Å². The van der Waals surface area contributed by atoms with Gasteiger partial charge < -0.3 is 11.1 Å². The number of nitrogens with one attached hydrogen (secondary N) is 1. The molecule has 17 heavy (non-hydrogen) atoms. The summed E-state index contributed by atoms with van der Waals surface area (Å²) in [6.45, 7) is 10.7. The summed E-state index contributed by atoms with van der Waals surface area (Å²) in [6, 6.07) is 0. The van der Waals surface area contributed by atoms with E-state index in [0.29, 0.717) is 5.41 Å². The summed E-state index contributed by atoms with van der Waals surface area (Å²) < 4.78 is 0. The third-order valence-electron chi connectivity index (χ3n) is 3.77. The highest BCUT2D eigenvalue weighted by Crippen LogP contribution is 2.43. The third-order valence-corrected chi connectivity index (χ3v) is 3.77. The first kappa shape index (κ1) is 14.5. The molecule has 0 radical (unpaired) electrons. The van der Waals surface area contributed by atoms with Crippen molar-refractivity contribution in [3.63, 3.8) is 0 Å². The average Bonchev–Trinajstić information content (AvgIpc) is 2.22. The molecule has 2 unspecified atom stereocenters. The molecule has 0 saturated heterocycles. The van der Waals surface area contributed by atoms with E-state index in [-0.39, 0.29) is 5.54 Å². The fourth-order valence-electron chi connectivity index (χ4n) is 3.62. The minimum atomic E-state index is 0.136. The van der Waals surface area contributed by atoms with Crippen LogP contribution >= 0.6 is 0 Å². The Labute approximate surface area is 107 Å². The minimum Gasteiger partial charge on any atom is -0.329 e. The zero-order valence-electron chi connectivity index (χ0n) is 11.9. The molecular weight excluding hydrogens is 208 g/mol. The Kier molecular flexibility index (Phi) is 5.04. The van der Waals surface area contributed by atoms with E-state index in [2.05, 4.69) is 37.9 Å². The van der Waals surface area contributed by atoms with E-state index < -0.39 is 0 Å². The highest BCUT2D eigenvalue weighted by molar-refractivity contribution is 5.01. The second-order valence-corrected chi connectivity index (χ2v) is 6.44. The molecule has 1 aliphatic rings. The number of hydrogen-bond donors (Lipinski definition) is 2. The maximum absolute atomic E-state index is 6.04. The Hall–Kier alpha value is -0.520. The summed E-state index contributed by atoms with van der Waals surface area (Å²) >= 11 is 0. The van der Waals surface area contributed by atoms with Gasteiger partial charge in [0.25, 0.3) is 0 Å². The van der Waals surface area contributed by atoms with Crippen LogP contribution in [-0.4, -0.2) is 18.6 Å². The van der Waals surface area contributed by atoms with Crippen LogP contribution in [0.2, 0.25) is 0 Å². The Morgan fingerprint density at radius 2 is 2.06 bits per heavy atom. The van der Waals surface area contributed by atoms with E-state index in [9.17, 15) is 0 Å². The number of nitrogens with two attached hydrogens (primary N) is 1. The first-order chi connectivity index (χ1) is 7.93. The summed E-state index contributed by atoms with van der Waals surface area (Å²) in [5, 5.41) is 3.68. The fourth-order valence-corrected chi connectivity index (χ4v) is 3.62. The molecule has 1 rings (SSSR count). The van der Waals surface area contributed by atoms with E-state index in [1.807, 2.05) is 6.92 Å². The van der Waals surface area contributed by atoms with Gasteiger partial charge in [-0.2, -0.15) is 0 Å². The Morgan fingerprint density at radius 1 is 1.35 bits per heavy atom. The number of hydrogen-bond acceptors (Lipinski definition) is 2. The quantitative estimate of drug-likeness (QED) is 0.581. The van der Waals surface area contributed by atoms with Crippen LogP contribution in [0.3, 0.4) is 0 Å². The van der Waals surface area contributed by atoms with Crippen LogP contribution < -0.4 is 11.1 Å². The van der Waals surface area contributed by atoms with Crippen molar-refractivity contribution in [2.75, 3.05) is 13.1 Å². The van der Waals surface area contributed by atoms with E-state index in [0.717, 1.165) is 25.4 Å². The van der Waals surface area contributed by atoms with Crippen LogP contribution in [0.1, 0.15) is 53.4 Å². The molecule has 3 N–H and O–H groups in total. The van der Waals surface area contributed by atoms with Gasteiger partial charge in [0, 0.05) is 25.0 Å². The molecular formula is C15H28N2. The number of rotatable bonds is 4. The molecule has 0 aromatic heterocycles. The van der Waals surface area contributed by atoms with Gasteiger partial charge in [-0.15, -0.1) is 11.8 Å². The van der Waals surface area contributed by atoms with Crippen LogP contribution in [0.4, 0.5) is 0 Å². The average molecular weight is 236 g/mol. The summed E-state index contributed by atoms with van der Waals surface area (Å²) in [4.78, 5) is 0. The van der Waals surface area contributed by atoms with E-state index >= 15 is 0 Å². The van der Waals surface area contributed by atoms with E-state index in [1.54, 1.807) is 0 Å².